The minimum absolute atomic E-state index is 0.0204. The number of carbonyl (C=O) groups is 2. The van der Waals surface area contributed by atoms with Gasteiger partial charge in [0, 0.05) is 11.7 Å². The van der Waals surface area contributed by atoms with E-state index in [1.165, 1.54) is 0 Å². The third-order valence-electron chi connectivity index (χ3n) is 3.57. The molecule has 0 spiro atoms. The van der Waals surface area contributed by atoms with E-state index in [9.17, 15) is 9.59 Å². The van der Waals surface area contributed by atoms with Gasteiger partial charge in [-0.3, -0.25) is 9.59 Å². The number of carbonyl (C=O) groups excluding carboxylic acids is 1. The normalized spacial score (nSPS) is 14.7. The minimum atomic E-state index is -0.883. The summed E-state index contributed by atoms with van der Waals surface area (Å²) in [6, 6.07) is 1.52. The van der Waals surface area contributed by atoms with Crippen molar-refractivity contribution >= 4 is 17.7 Å². The van der Waals surface area contributed by atoms with Crippen LogP contribution < -0.4 is 11.1 Å². The van der Waals surface area contributed by atoms with Crippen LogP contribution in [0.25, 0.3) is 0 Å². The quantitative estimate of drug-likeness (QED) is 0.727. The molecular weight excluding hydrogens is 258 g/mol. The predicted molar refractivity (Wildman–Crippen MR) is 74.7 cm³/mol. The molecule has 1 aliphatic carbocycles. The smallest absolute Gasteiger partial charge is 0.305 e. The van der Waals surface area contributed by atoms with Gasteiger partial charge in [0.05, 0.1) is 12.0 Å². The summed E-state index contributed by atoms with van der Waals surface area (Å²) in [5.74, 6) is -1.02. The van der Waals surface area contributed by atoms with E-state index in [1.54, 1.807) is 6.07 Å². The molecular formula is C14H19N3O3. The number of primary amides is 1. The molecule has 108 valence electrons. The van der Waals surface area contributed by atoms with Gasteiger partial charge in [0.25, 0.3) is 5.91 Å². The number of fused-ring (bicyclic) bond motifs is 1. The van der Waals surface area contributed by atoms with E-state index in [0.29, 0.717) is 17.8 Å². The van der Waals surface area contributed by atoms with Crippen LogP contribution in [0.3, 0.4) is 0 Å². The minimum Gasteiger partial charge on any atom is -0.481 e. The molecule has 1 heterocycles. The average Bonchev–Trinajstić information content (AvgIpc) is 2.83. The third-order valence-corrected chi connectivity index (χ3v) is 3.57. The highest BCUT2D eigenvalue weighted by molar-refractivity contribution is 5.98. The molecule has 4 N–H and O–H groups in total. The zero-order valence-electron chi connectivity index (χ0n) is 11.5. The first-order valence-electron chi connectivity index (χ1n) is 6.82. The van der Waals surface area contributed by atoms with Gasteiger partial charge in [-0.15, -0.1) is 0 Å². The van der Waals surface area contributed by atoms with Crippen molar-refractivity contribution in [3.8, 4) is 0 Å². The van der Waals surface area contributed by atoms with Gasteiger partial charge in [0.1, 0.15) is 5.82 Å². The molecule has 0 aromatic carbocycles. The van der Waals surface area contributed by atoms with E-state index in [-0.39, 0.29) is 12.5 Å². The number of pyridine rings is 1. The molecule has 0 radical (unpaired) electrons. The van der Waals surface area contributed by atoms with Gasteiger partial charge in [-0.1, -0.05) is 6.92 Å². The van der Waals surface area contributed by atoms with Crippen LogP contribution in [0.4, 0.5) is 5.82 Å². The number of aryl methyl sites for hydroxylation is 2. The number of nitrogens with zero attached hydrogens (tertiary/aromatic N) is 1. The summed E-state index contributed by atoms with van der Waals surface area (Å²) in [5.41, 5.74) is 7.77. The second-order valence-electron chi connectivity index (χ2n) is 5.06. The highest BCUT2D eigenvalue weighted by atomic mass is 16.4. The molecule has 0 aliphatic heterocycles. The van der Waals surface area contributed by atoms with Crippen molar-refractivity contribution in [2.45, 2.75) is 45.1 Å². The fourth-order valence-corrected chi connectivity index (χ4v) is 2.47. The SMILES string of the molecule is CCC(CC(=O)O)Nc1nc2c(cc1C(N)=O)CCC2. The summed E-state index contributed by atoms with van der Waals surface area (Å²) >= 11 is 0. The second-order valence-corrected chi connectivity index (χ2v) is 5.06. The Labute approximate surface area is 117 Å². The number of carboxylic acids is 1. The van der Waals surface area contributed by atoms with Crippen LogP contribution >= 0.6 is 0 Å². The maximum atomic E-state index is 11.5. The van der Waals surface area contributed by atoms with E-state index in [2.05, 4.69) is 10.3 Å². The molecule has 0 saturated heterocycles. The van der Waals surface area contributed by atoms with Crippen molar-refractivity contribution < 1.29 is 14.7 Å². The van der Waals surface area contributed by atoms with E-state index in [4.69, 9.17) is 10.8 Å². The van der Waals surface area contributed by atoms with E-state index in [1.807, 2.05) is 6.92 Å². The predicted octanol–water partition coefficient (Wildman–Crippen LogP) is 1.33. The molecule has 1 aromatic heterocycles. The summed E-state index contributed by atoms with van der Waals surface area (Å²) < 4.78 is 0. The Morgan fingerprint density at radius 3 is 2.85 bits per heavy atom. The number of rotatable bonds is 6. The van der Waals surface area contributed by atoms with Crippen LogP contribution in [-0.2, 0) is 17.6 Å². The first-order chi connectivity index (χ1) is 9.51. The van der Waals surface area contributed by atoms with Crippen molar-refractivity contribution in [3.05, 3.63) is 22.9 Å². The third kappa shape index (κ3) is 3.07. The summed E-state index contributed by atoms with van der Waals surface area (Å²) in [6.07, 6.45) is 3.43. The van der Waals surface area contributed by atoms with Gasteiger partial charge in [0.2, 0.25) is 0 Å². The van der Waals surface area contributed by atoms with Gasteiger partial charge >= 0.3 is 5.97 Å². The Kier molecular flexibility index (Phi) is 4.22. The van der Waals surface area contributed by atoms with Gasteiger partial charge < -0.3 is 16.2 Å². The fraction of sp³-hybridized carbons (Fsp3) is 0.500. The number of carboxylic acid groups (broad SMARTS) is 1. The van der Waals surface area contributed by atoms with Crippen molar-refractivity contribution in [2.75, 3.05) is 5.32 Å². The first-order valence-corrected chi connectivity index (χ1v) is 6.82. The van der Waals surface area contributed by atoms with Crippen molar-refractivity contribution in [2.24, 2.45) is 5.73 Å². The Morgan fingerprint density at radius 2 is 2.25 bits per heavy atom. The van der Waals surface area contributed by atoms with Gasteiger partial charge in [-0.05, 0) is 37.3 Å². The Bertz CT molecular complexity index is 543. The van der Waals surface area contributed by atoms with Crippen LogP contribution in [0.2, 0.25) is 0 Å². The number of hydrogen-bond donors (Lipinski definition) is 3. The Balaban J connectivity index is 2.29. The van der Waals surface area contributed by atoms with E-state index >= 15 is 0 Å². The number of nitrogens with two attached hydrogens (primary N) is 1. The van der Waals surface area contributed by atoms with E-state index < -0.39 is 11.9 Å². The first kappa shape index (κ1) is 14.3. The number of aliphatic carboxylic acids is 1. The fourth-order valence-electron chi connectivity index (χ4n) is 2.47. The van der Waals surface area contributed by atoms with Gasteiger partial charge in [-0.25, -0.2) is 4.98 Å². The monoisotopic (exact) mass is 277 g/mol. The summed E-state index contributed by atoms with van der Waals surface area (Å²) in [5, 5.41) is 11.9. The number of aromatic nitrogens is 1. The number of hydrogen-bond acceptors (Lipinski definition) is 4. The lowest BCUT2D eigenvalue weighted by molar-refractivity contribution is -0.137. The van der Waals surface area contributed by atoms with Crippen LogP contribution in [0.5, 0.6) is 0 Å². The standard InChI is InChI=1S/C14H19N3O3/c1-2-9(7-12(18)19)16-14-10(13(15)20)6-8-4-3-5-11(8)17-14/h6,9H,2-5,7H2,1H3,(H2,15,20)(H,16,17)(H,18,19). The lowest BCUT2D eigenvalue weighted by Crippen LogP contribution is -2.25. The van der Waals surface area contributed by atoms with Crippen LogP contribution in [0, 0.1) is 0 Å². The van der Waals surface area contributed by atoms with E-state index in [0.717, 1.165) is 30.5 Å². The molecule has 20 heavy (non-hydrogen) atoms. The highest BCUT2D eigenvalue weighted by Crippen LogP contribution is 2.26. The number of amides is 1. The second kappa shape index (κ2) is 5.90. The highest BCUT2D eigenvalue weighted by Gasteiger charge is 2.21. The van der Waals surface area contributed by atoms with Crippen molar-refractivity contribution in [1.29, 1.82) is 0 Å². The summed E-state index contributed by atoms with van der Waals surface area (Å²) in [7, 11) is 0. The van der Waals surface area contributed by atoms with Crippen molar-refractivity contribution in [1.82, 2.24) is 4.98 Å². The molecule has 1 aromatic rings. The Hall–Kier alpha value is -2.11. The molecule has 0 fully saturated rings. The summed E-state index contributed by atoms with van der Waals surface area (Å²) in [4.78, 5) is 26.8. The molecule has 2 rings (SSSR count). The molecule has 1 aliphatic rings. The molecule has 1 amide bonds. The Morgan fingerprint density at radius 1 is 1.50 bits per heavy atom. The van der Waals surface area contributed by atoms with Crippen LogP contribution in [0.15, 0.2) is 6.07 Å². The molecule has 6 heteroatoms. The molecule has 0 saturated carbocycles. The molecule has 1 unspecified atom stereocenters. The maximum absolute atomic E-state index is 11.5. The molecule has 6 nitrogen and oxygen atoms in total. The molecule has 0 bridgehead atoms. The maximum Gasteiger partial charge on any atom is 0.305 e. The van der Waals surface area contributed by atoms with Crippen molar-refractivity contribution in [3.63, 3.8) is 0 Å². The zero-order chi connectivity index (χ0) is 14.7. The molecule has 1 atom stereocenters. The number of anilines is 1. The summed E-state index contributed by atoms with van der Waals surface area (Å²) in [6.45, 7) is 1.89. The zero-order valence-corrected chi connectivity index (χ0v) is 11.5. The van der Waals surface area contributed by atoms with Gasteiger partial charge in [-0.2, -0.15) is 0 Å². The largest absolute Gasteiger partial charge is 0.481 e. The van der Waals surface area contributed by atoms with Crippen LogP contribution in [0.1, 0.15) is 47.8 Å². The lowest BCUT2D eigenvalue weighted by Gasteiger charge is -2.18. The lowest BCUT2D eigenvalue weighted by atomic mass is 10.1. The topological polar surface area (TPSA) is 105 Å². The average molecular weight is 277 g/mol. The van der Waals surface area contributed by atoms with Crippen LogP contribution in [-0.4, -0.2) is 28.0 Å². The number of nitrogens with one attached hydrogen (secondary N) is 1. The van der Waals surface area contributed by atoms with Gasteiger partial charge in [0.15, 0.2) is 0 Å².